The van der Waals surface area contributed by atoms with Gasteiger partial charge in [0.15, 0.2) is 0 Å². The molecule has 7 nitrogen and oxygen atoms in total. The van der Waals surface area contributed by atoms with E-state index in [2.05, 4.69) is 22.6 Å². The number of carbonyl (C=O) groups is 3. The van der Waals surface area contributed by atoms with Crippen molar-refractivity contribution < 1.29 is 14.4 Å². The van der Waals surface area contributed by atoms with Crippen molar-refractivity contribution in [3.8, 4) is 0 Å². The maximum atomic E-state index is 13.2. The molecule has 0 aliphatic carbocycles. The highest BCUT2D eigenvalue weighted by Gasteiger charge is 2.40. The fourth-order valence-corrected chi connectivity index (χ4v) is 5.94. The van der Waals surface area contributed by atoms with Gasteiger partial charge in [0.1, 0.15) is 6.04 Å². The minimum absolute atomic E-state index is 0.0802. The van der Waals surface area contributed by atoms with Gasteiger partial charge < -0.3 is 15.1 Å². The largest absolute Gasteiger partial charge is 0.322 e. The summed E-state index contributed by atoms with van der Waals surface area (Å²) in [4.78, 5) is 41.0. The van der Waals surface area contributed by atoms with Gasteiger partial charge in [-0.1, -0.05) is 18.2 Å². The van der Waals surface area contributed by atoms with Gasteiger partial charge in [-0.2, -0.15) is 0 Å². The van der Waals surface area contributed by atoms with E-state index in [0.717, 1.165) is 29.8 Å². The molecule has 4 aliphatic heterocycles. The number of piperidine rings is 2. The first-order valence-electron chi connectivity index (χ1n) is 11.2. The third-order valence-electron chi connectivity index (χ3n) is 7.22. The number of imide groups is 1. The second-order valence-corrected chi connectivity index (χ2v) is 9.52. The number of benzene rings is 1. The smallest absolute Gasteiger partial charge is 0.255 e. The van der Waals surface area contributed by atoms with Crippen LogP contribution in [0.2, 0.25) is 0 Å². The first-order chi connectivity index (χ1) is 14.5. The van der Waals surface area contributed by atoms with Gasteiger partial charge in [-0.05, 0) is 56.2 Å². The summed E-state index contributed by atoms with van der Waals surface area (Å²) < 4.78 is 0. The van der Waals surface area contributed by atoms with Gasteiger partial charge in [0.25, 0.3) is 5.91 Å². The lowest BCUT2D eigenvalue weighted by Gasteiger charge is -2.32. The van der Waals surface area contributed by atoms with Crippen LogP contribution in [-0.4, -0.2) is 59.2 Å². The van der Waals surface area contributed by atoms with Crippen molar-refractivity contribution in [1.29, 1.82) is 0 Å². The SMILES string of the molecule is CN(Cc1cccc2c1C(=O)N(C1CCC(=O)NC1=O)C2)CC1C[C@H]2CC[C@@H](C1)N2. The van der Waals surface area contributed by atoms with Crippen LogP contribution in [0, 0.1) is 5.92 Å². The Balaban J connectivity index is 1.27. The zero-order valence-electron chi connectivity index (χ0n) is 17.5. The summed E-state index contributed by atoms with van der Waals surface area (Å²) in [7, 11) is 2.14. The minimum atomic E-state index is -0.557. The Bertz CT molecular complexity index is 873. The number of nitrogens with one attached hydrogen (secondary N) is 2. The molecule has 2 unspecified atom stereocenters. The number of fused-ring (bicyclic) bond motifs is 3. The zero-order valence-corrected chi connectivity index (χ0v) is 17.5. The first-order valence-corrected chi connectivity index (χ1v) is 11.2. The first kappa shape index (κ1) is 19.7. The highest BCUT2D eigenvalue weighted by atomic mass is 16.2. The Morgan fingerprint density at radius 3 is 2.60 bits per heavy atom. The Morgan fingerprint density at radius 2 is 1.87 bits per heavy atom. The molecule has 2 N–H and O–H groups in total. The van der Waals surface area contributed by atoms with Crippen LogP contribution in [0.15, 0.2) is 18.2 Å². The van der Waals surface area contributed by atoms with E-state index < -0.39 is 6.04 Å². The summed E-state index contributed by atoms with van der Waals surface area (Å²) in [5.74, 6) is 0.0188. The summed E-state index contributed by atoms with van der Waals surface area (Å²) in [6, 6.07) is 6.84. The van der Waals surface area contributed by atoms with Gasteiger partial charge in [-0.25, -0.2) is 0 Å². The van der Waals surface area contributed by atoms with Crippen LogP contribution in [-0.2, 0) is 22.7 Å². The van der Waals surface area contributed by atoms with Crippen molar-refractivity contribution in [3.63, 3.8) is 0 Å². The normalized spacial score (nSPS) is 30.7. The Kier molecular flexibility index (Phi) is 5.11. The Labute approximate surface area is 177 Å². The van der Waals surface area contributed by atoms with E-state index in [4.69, 9.17) is 0 Å². The van der Waals surface area contributed by atoms with Gasteiger partial charge in [-0.15, -0.1) is 0 Å². The summed E-state index contributed by atoms with van der Waals surface area (Å²) >= 11 is 0. The molecule has 4 atom stereocenters. The molecule has 160 valence electrons. The second-order valence-electron chi connectivity index (χ2n) is 9.52. The topological polar surface area (TPSA) is 81.8 Å². The Hall–Kier alpha value is -2.25. The standard InChI is InChI=1S/C23H30N4O3/c1-26(11-14-9-17-5-6-18(10-14)24-17)12-15-3-2-4-16-13-27(23(30)21(15)16)19-7-8-20(28)25-22(19)29/h2-4,14,17-19,24H,5-13H2,1H3,(H,25,28,29)/t14?,17-,18+,19?. The van der Waals surface area contributed by atoms with Crippen molar-refractivity contribution in [2.75, 3.05) is 13.6 Å². The van der Waals surface area contributed by atoms with Gasteiger partial charge in [0.2, 0.25) is 11.8 Å². The average Bonchev–Trinajstić information content (AvgIpc) is 3.21. The molecule has 3 saturated heterocycles. The number of carbonyl (C=O) groups excluding carboxylic acids is 3. The van der Waals surface area contributed by atoms with E-state index in [-0.39, 0.29) is 24.1 Å². The van der Waals surface area contributed by atoms with E-state index in [1.165, 1.54) is 25.7 Å². The fraction of sp³-hybridized carbons (Fsp3) is 0.609. The second kappa shape index (κ2) is 7.78. The van der Waals surface area contributed by atoms with Crippen LogP contribution in [0.4, 0.5) is 0 Å². The van der Waals surface area contributed by atoms with Crippen molar-refractivity contribution in [2.45, 2.75) is 69.7 Å². The molecule has 4 heterocycles. The molecular weight excluding hydrogens is 380 g/mol. The predicted octanol–water partition coefficient (Wildman–Crippen LogP) is 1.41. The van der Waals surface area contributed by atoms with Crippen LogP contribution in [0.3, 0.4) is 0 Å². The van der Waals surface area contributed by atoms with Crippen molar-refractivity contribution in [1.82, 2.24) is 20.4 Å². The van der Waals surface area contributed by atoms with E-state index in [1.54, 1.807) is 4.90 Å². The van der Waals surface area contributed by atoms with Gasteiger partial charge >= 0.3 is 0 Å². The maximum Gasteiger partial charge on any atom is 0.255 e. The third kappa shape index (κ3) is 3.65. The highest BCUT2D eigenvalue weighted by Crippen LogP contribution is 2.33. The van der Waals surface area contributed by atoms with Crippen molar-refractivity contribution >= 4 is 17.7 Å². The van der Waals surface area contributed by atoms with E-state index in [0.29, 0.717) is 31.0 Å². The van der Waals surface area contributed by atoms with Crippen LogP contribution in [0.5, 0.6) is 0 Å². The molecule has 0 radical (unpaired) electrons. The van der Waals surface area contributed by atoms with Crippen molar-refractivity contribution in [3.05, 3.63) is 34.9 Å². The highest BCUT2D eigenvalue weighted by molar-refractivity contribution is 6.05. The monoisotopic (exact) mass is 410 g/mol. The quantitative estimate of drug-likeness (QED) is 0.718. The van der Waals surface area contributed by atoms with E-state index in [1.807, 2.05) is 18.2 Å². The molecule has 30 heavy (non-hydrogen) atoms. The molecule has 0 saturated carbocycles. The van der Waals surface area contributed by atoms with Crippen LogP contribution >= 0.6 is 0 Å². The van der Waals surface area contributed by atoms with Gasteiger partial charge in [-0.3, -0.25) is 19.7 Å². The van der Waals surface area contributed by atoms with Crippen LogP contribution in [0.25, 0.3) is 0 Å². The van der Waals surface area contributed by atoms with Gasteiger partial charge in [0, 0.05) is 43.7 Å². The van der Waals surface area contributed by atoms with Crippen LogP contribution in [0.1, 0.15) is 60.0 Å². The molecule has 1 aromatic carbocycles. The number of amides is 3. The molecule has 5 rings (SSSR count). The summed E-state index contributed by atoms with van der Waals surface area (Å²) in [5.41, 5.74) is 2.77. The zero-order chi connectivity index (χ0) is 20.8. The molecule has 1 aromatic rings. The minimum Gasteiger partial charge on any atom is -0.322 e. The fourth-order valence-electron chi connectivity index (χ4n) is 5.94. The molecule has 0 aromatic heterocycles. The average molecular weight is 411 g/mol. The van der Waals surface area contributed by atoms with E-state index >= 15 is 0 Å². The number of rotatable bonds is 5. The molecule has 4 aliphatic rings. The summed E-state index contributed by atoms with van der Waals surface area (Å²) in [6.45, 7) is 2.22. The molecular formula is C23H30N4O3. The lowest BCUT2D eigenvalue weighted by atomic mass is 9.92. The third-order valence-corrected chi connectivity index (χ3v) is 7.22. The predicted molar refractivity (Wildman–Crippen MR) is 111 cm³/mol. The summed E-state index contributed by atoms with van der Waals surface area (Å²) in [5, 5.41) is 6.08. The van der Waals surface area contributed by atoms with Gasteiger partial charge in [0.05, 0.1) is 0 Å². The molecule has 0 spiro atoms. The Morgan fingerprint density at radius 1 is 1.10 bits per heavy atom. The lowest BCUT2D eigenvalue weighted by molar-refractivity contribution is -0.136. The molecule has 3 amide bonds. The number of hydrogen-bond acceptors (Lipinski definition) is 5. The molecule has 2 bridgehead atoms. The lowest BCUT2D eigenvalue weighted by Crippen LogP contribution is -2.52. The molecule has 7 heteroatoms. The van der Waals surface area contributed by atoms with Crippen LogP contribution < -0.4 is 10.6 Å². The summed E-state index contributed by atoms with van der Waals surface area (Å²) in [6.07, 6.45) is 5.79. The van der Waals surface area contributed by atoms with Crippen molar-refractivity contribution in [2.24, 2.45) is 5.92 Å². The molecule has 3 fully saturated rings. The maximum absolute atomic E-state index is 13.2. The number of nitrogens with zero attached hydrogens (tertiary/aromatic N) is 2. The van der Waals surface area contributed by atoms with E-state index in [9.17, 15) is 14.4 Å². The number of hydrogen-bond donors (Lipinski definition) is 2.